The van der Waals surface area contributed by atoms with Gasteiger partial charge in [0.25, 0.3) is 5.91 Å². The summed E-state index contributed by atoms with van der Waals surface area (Å²) in [6.07, 6.45) is 3.92. The topological polar surface area (TPSA) is 87.6 Å². The van der Waals surface area contributed by atoms with Gasteiger partial charge in [0.1, 0.15) is 5.75 Å². The summed E-state index contributed by atoms with van der Waals surface area (Å²) in [6.45, 7) is 3.66. The molecule has 0 atom stereocenters. The molecule has 0 bridgehead atoms. The lowest BCUT2D eigenvalue weighted by Crippen LogP contribution is -2.39. The van der Waals surface area contributed by atoms with E-state index < -0.39 is 0 Å². The Morgan fingerprint density at radius 2 is 1.93 bits per heavy atom. The van der Waals surface area contributed by atoms with E-state index in [2.05, 4.69) is 31.3 Å². The second-order valence-corrected chi connectivity index (χ2v) is 8.12. The summed E-state index contributed by atoms with van der Waals surface area (Å²) in [5.74, 6) is 1.45. The smallest absolute Gasteiger partial charge is 0.258 e. The SMILES string of the molecule is CN=C(NCCc1ccc(OCC(=O)NC2CC2)cc1)NCCc1csc(C)n1. The average molecular weight is 416 g/mol. The number of nitrogens with zero attached hydrogens (tertiary/aromatic N) is 2. The summed E-state index contributed by atoms with van der Waals surface area (Å²) in [5, 5.41) is 12.7. The fourth-order valence-corrected chi connectivity index (χ4v) is 3.42. The molecular formula is C21H29N5O2S. The Balaban J connectivity index is 1.31. The number of benzene rings is 1. The number of carbonyl (C=O) groups excluding carboxylic acids is 1. The van der Waals surface area contributed by atoms with Gasteiger partial charge in [-0.05, 0) is 43.9 Å². The van der Waals surface area contributed by atoms with Crippen molar-refractivity contribution in [1.29, 1.82) is 0 Å². The maximum Gasteiger partial charge on any atom is 0.258 e. The van der Waals surface area contributed by atoms with Crippen LogP contribution in [0.25, 0.3) is 0 Å². The number of nitrogens with one attached hydrogen (secondary N) is 3. The normalized spacial score (nSPS) is 13.8. The van der Waals surface area contributed by atoms with Crippen molar-refractivity contribution in [3.8, 4) is 5.75 Å². The molecule has 1 aromatic heterocycles. The molecule has 7 nitrogen and oxygen atoms in total. The predicted molar refractivity (Wildman–Crippen MR) is 117 cm³/mol. The van der Waals surface area contributed by atoms with Gasteiger partial charge in [0.2, 0.25) is 0 Å². The van der Waals surface area contributed by atoms with Gasteiger partial charge in [-0.25, -0.2) is 4.98 Å². The van der Waals surface area contributed by atoms with Crippen LogP contribution in [-0.4, -0.2) is 49.6 Å². The van der Waals surface area contributed by atoms with Crippen LogP contribution < -0.4 is 20.7 Å². The number of hydrogen-bond donors (Lipinski definition) is 3. The van der Waals surface area contributed by atoms with Crippen molar-refractivity contribution in [3.63, 3.8) is 0 Å². The molecule has 3 rings (SSSR count). The van der Waals surface area contributed by atoms with Gasteiger partial charge in [-0.1, -0.05) is 12.1 Å². The van der Waals surface area contributed by atoms with Crippen molar-refractivity contribution in [2.45, 2.75) is 38.6 Å². The van der Waals surface area contributed by atoms with E-state index in [0.29, 0.717) is 11.8 Å². The lowest BCUT2D eigenvalue weighted by molar-refractivity contribution is -0.123. The monoisotopic (exact) mass is 415 g/mol. The first-order chi connectivity index (χ1) is 14.1. The zero-order chi connectivity index (χ0) is 20.5. The first kappa shape index (κ1) is 21.1. The number of guanidine groups is 1. The van der Waals surface area contributed by atoms with Crippen LogP contribution in [0.2, 0.25) is 0 Å². The summed E-state index contributed by atoms with van der Waals surface area (Å²) >= 11 is 1.68. The summed E-state index contributed by atoms with van der Waals surface area (Å²) in [6, 6.07) is 8.22. The molecule has 156 valence electrons. The highest BCUT2D eigenvalue weighted by atomic mass is 32.1. The van der Waals surface area contributed by atoms with E-state index in [1.807, 2.05) is 31.2 Å². The van der Waals surface area contributed by atoms with E-state index in [4.69, 9.17) is 4.74 Å². The number of rotatable bonds is 10. The Hall–Kier alpha value is -2.61. The molecule has 1 aromatic carbocycles. The van der Waals surface area contributed by atoms with Gasteiger partial charge >= 0.3 is 0 Å². The van der Waals surface area contributed by atoms with Gasteiger partial charge in [-0.15, -0.1) is 11.3 Å². The first-order valence-electron chi connectivity index (χ1n) is 9.99. The van der Waals surface area contributed by atoms with E-state index in [-0.39, 0.29) is 12.5 Å². The average Bonchev–Trinajstić information content (AvgIpc) is 3.44. The highest BCUT2D eigenvalue weighted by Crippen LogP contribution is 2.18. The quantitative estimate of drug-likeness (QED) is 0.408. The Morgan fingerprint density at radius 3 is 2.55 bits per heavy atom. The number of thiazole rings is 1. The zero-order valence-corrected chi connectivity index (χ0v) is 17.8. The van der Waals surface area contributed by atoms with Crippen molar-refractivity contribution < 1.29 is 9.53 Å². The van der Waals surface area contributed by atoms with Gasteiger partial charge in [-0.2, -0.15) is 0 Å². The molecule has 0 unspecified atom stereocenters. The molecule has 3 N–H and O–H groups in total. The number of hydrogen-bond acceptors (Lipinski definition) is 5. The maximum absolute atomic E-state index is 11.7. The van der Waals surface area contributed by atoms with Crippen LogP contribution in [0.3, 0.4) is 0 Å². The highest BCUT2D eigenvalue weighted by molar-refractivity contribution is 7.09. The molecule has 0 spiro atoms. The lowest BCUT2D eigenvalue weighted by atomic mass is 10.1. The molecule has 1 fully saturated rings. The van der Waals surface area contributed by atoms with Crippen molar-refractivity contribution in [3.05, 3.63) is 45.9 Å². The fraction of sp³-hybridized carbons (Fsp3) is 0.476. The summed E-state index contributed by atoms with van der Waals surface area (Å²) < 4.78 is 5.53. The molecule has 1 amide bonds. The summed E-state index contributed by atoms with van der Waals surface area (Å²) in [7, 11) is 1.77. The van der Waals surface area contributed by atoms with Crippen LogP contribution in [0.15, 0.2) is 34.6 Å². The number of carbonyl (C=O) groups is 1. The summed E-state index contributed by atoms with van der Waals surface area (Å²) in [5.41, 5.74) is 2.31. The number of aromatic nitrogens is 1. The third kappa shape index (κ3) is 7.73. The molecular weight excluding hydrogens is 386 g/mol. The standard InChI is InChI=1S/C21H29N5O2S/c1-15-25-18(14-29-15)10-12-24-21(22-2)23-11-9-16-3-7-19(8-4-16)28-13-20(27)26-17-5-6-17/h3-4,7-8,14,17H,5-6,9-13H2,1-2H3,(H,26,27)(H2,22,23,24). The van der Waals surface area contributed by atoms with E-state index in [0.717, 1.165) is 55.4 Å². The van der Waals surface area contributed by atoms with Crippen LogP contribution in [0.1, 0.15) is 29.1 Å². The number of ether oxygens (including phenoxy) is 1. The summed E-state index contributed by atoms with van der Waals surface area (Å²) in [4.78, 5) is 20.4. The molecule has 1 aliphatic rings. The third-order valence-corrected chi connectivity index (χ3v) is 5.33. The largest absolute Gasteiger partial charge is 0.484 e. The Morgan fingerprint density at radius 1 is 1.21 bits per heavy atom. The first-order valence-corrected chi connectivity index (χ1v) is 10.9. The van der Waals surface area contributed by atoms with Crippen molar-refractivity contribution in [2.75, 3.05) is 26.7 Å². The second kappa shape index (κ2) is 10.8. The van der Waals surface area contributed by atoms with Gasteiger partial charge in [0, 0.05) is 38.0 Å². The van der Waals surface area contributed by atoms with Crippen LogP contribution in [0, 0.1) is 6.92 Å². The number of aliphatic imine (C=N–C) groups is 1. The van der Waals surface area contributed by atoms with Crippen molar-refractivity contribution in [1.82, 2.24) is 20.9 Å². The highest BCUT2D eigenvalue weighted by Gasteiger charge is 2.23. The Bertz CT molecular complexity index is 815. The van der Waals surface area contributed by atoms with E-state index >= 15 is 0 Å². The van der Waals surface area contributed by atoms with Crippen molar-refractivity contribution >= 4 is 23.2 Å². The van der Waals surface area contributed by atoms with Gasteiger partial charge in [0.05, 0.1) is 10.7 Å². The Labute approximate surface area is 176 Å². The molecule has 2 aromatic rings. The maximum atomic E-state index is 11.7. The van der Waals surface area contributed by atoms with Crippen LogP contribution in [-0.2, 0) is 17.6 Å². The molecule has 1 heterocycles. The molecule has 1 saturated carbocycles. The third-order valence-electron chi connectivity index (χ3n) is 4.51. The van der Waals surface area contributed by atoms with Gasteiger partial charge in [0.15, 0.2) is 12.6 Å². The zero-order valence-electron chi connectivity index (χ0n) is 17.0. The molecule has 29 heavy (non-hydrogen) atoms. The number of aryl methyl sites for hydroxylation is 1. The minimum atomic E-state index is -0.0513. The van der Waals surface area contributed by atoms with Crippen molar-refractivity contribution in [2.24, 2.45) is 4.99 Å². The van der Waals surface area contributed by atoms with E-state index in [9.17, 15) is 4.79 Å². The molecule has 0 aliphatic heterocycles. The predicted octanol–water partition coefficient (Wildman–Crippen LogP) is 2.06. The minimum absolute atomic E-state index is 0.0513. The van der Waals surface area contributed by atoms with E-state index in [1.165, 1.54) is 5.56 Å². The van der Waals surface area contributed by atoms with E-state index in [1.54, 1.807) is 18.4 Å². The molecule has 1 aliphatic carbocycles. The molecule has 0 radical (unpaired) electrons. The fourth-order valence-electron chi connectivity index (χ4n) is 2.78. The number of amides is 1. The second-order valence-electron chi connectivity index (χ2n) is 7.06. The minimum Gasteiger partial charge on any atom is -0.484 e. The molecule has 0 saturated heterocycles. The van der Waals surface area contributed by atoms with Gasteiger partial charge in [-0.3, -0.25) is 9.79 Å². The van der Waals surface area contributed by atoms with Crippen LogP contribution in [0.4, 0.5) is 0 Å². The van der Waals surface area contributed by atoms with Crippen LogP contribution in [0.5, 0.6) is 5.75 Å². The Kier molecular flexibility index (Phi) is 7.86. The van der Waals surface area contributed by atoms with Gasteiger partial charge < -0.3 is 20.7 Å². The lowest BCUT2D eigenvalue weighted by Gasteiger charge is -2.12. The van der Waals surface area contributed by atoms with Crippen LogP contribution >= 0.6 is 11.3 Å². The molecule has 8 heteroatoms.